The maximum absolute atomic E-state index is 12.1. The maximum atomic E-state index is 12.1. The van der Waals surface area contributed by atoms with Crippen molar-refractivity contribution in [1.29, 1.82) is 0 Å². The molecule has 0 spiro atoms. The van der Waals surface area contributed by atoms with Crippen molar-refractivity contribution in [1.82, 2.24) is 4.57 Å². The summed E-state index contributed by atoms with van der Waals surface area (Å²) < 4.78 is 39.8. The minimum atomic E-state index is -4.24. The van der Waals surface area contributed by atoms with Gasteiger partial charge < -0.3 is 5.32 Å². The molecule has 0 atom stereocenters. The minimum absolute atomic E-state index is 0.385. The maximum Gasteiger partial charge on any atom is 0.421 e. The normalized spacial score (nSPS) is 12.0. The monoisotopic (exact) mass is 298 g/mol. The molecule has 8 heteroatoms. The summed E-state index contributed by atoms with van der Waals surface area (Å²) in [5.74, 6) is 0.661. The Morgan fingerprint density at radius 3 is 2.38 bits per heavy atom. The molecule has 0 aliphatic carbocycles. The van der Waals surface area contributed by atoms with Gasteiger partial charge in [0.1, 0.15) is 12.2 Å². The van der Waals surface area contributed by atoms with Crippen molar-refractivity contribution in [2.24, 2.45) is 24.3 Å². The number of hydrogen-bond acceptors (Lipinski definition) is 3. The predicted octanol–water partition coefficient (Wildman–Crippen LogP) is 3.24. The summed E-state index contributed by atoms with van der Waals surface area (Å²) >= 11 is 0. The number of benzene rings is 1. The van der Waals surface area contributed by atoms with Gasteiger partial charge in [0.05, 0.1) is 26.5 Å². The smallest absolute Gasteiger partial charge is 0.376 e. The Morgan fingerprint density at radius 2 is 1.86 bits per heavy atom. The second-order valence-electron chi connectivity index (χ2n) is 4.54. The summed E-state index contributed by atoms with van der Waals surface area (Å²) in [6.45, 7) is -1.06. The number of nitrogens with one attached hydrogen (secondary N) is 1. The van der Waals surface area contributed by atoms with E-state index in [2.05, 4.69) is 15.5 Å². The number of aryl methyl sites for hydroxylation is 2. The van der Waals surface area contributed by atoms with Gasteiger partial charge in [-0.05, 0) is 24.3 Å². The Kier molecular flexibility index (Phi) is 4.25. The van der Waals surface area contributed by atoms with Crippen LogP contribution < -0.4 is 9.88 Å². The first kappa shape index (κ1) is 15.0. The largest absolute Gasteiger partial charge is 0.421 e. The summed E-state index contributed by atoms with van der Waals surface area (Å²) in [4.78, 5) is 0. The first-order chi connectivity index (χ1) is 9.85. The SMILES string of the molecule is Cn1cc[n+](C)c1/N=N/c1ccc(NCC(F)(F)F)cc1. The Morgan fingerprint density at radius 1 is 1.19 bits per heavy atom. The van der Waals surface area contributed by atoms with Crippen LogP contribution in [0.1, 0.15) is 0 Å². The fraction of sp³-hybridized carbons (Fsp3) is 0.308. The van der Waals surface area contributed by atoms with E-state index >= 15 is 0 Å². The molecule has 0 aliphatic heterocycles. The van der Waals surface area contributed by atoms with Crippen LogP contribution in [0.15, 0.2) is 46.9 Å². The van der Waals surface area contributed by atoms with Gasteiger partial charge in [0.2, 0.25) is 0 Å². The first-order valence-corrected chi connectivity index (χ1v) is 6.18. The van der Waals surface area contributed by atoms with E-state index in [1.807, 2.05) is 35.6 Å². The summed E-state index contributed by atoms with van der Waals surface area (Å²) in [6, 6.07) is 6.27. The molecule has 0 amide bonds. The molecule has 112 valence electrons. The molecule has 0 unspecified atom stereocenters. The van der Waals surface area contributed by atoms with Crippen LogP contribution >= 0.6 is 0 Å². The Hall–Kier alpha value is -2.38. The third-order valence-corrected chi connectivity index (χ3v) is 2.76. The van der Waals surface area contributed by atoms with E-state index in [9.17, 15) is 13.2 Å². The molecular formula is C13H15F3N5+. The highest BCUT2D eigenvalue weighted by molar-refractivity contribution is 5.50. The Bertz CT molecular complexity index is 609. The van der Waals surface area contributed by atoms with Gasteiger partial charge in [-0.2, -0.15) is 13.2 Å². The van der Waals surface area contributed by atoms with Crippen LogP contribution in [0, 0.1) is 0 Å². The van der Waals surface area contributed by atoms with Crippen molar-refractivity contribution < 1.29 is 17.7 Å². The van der Waals surface area contributed by atoms with Crippen LogP contribution in [0.5, 0.6) is 0 Å². The zero-order valence-corrected chi connectivity index (χ0v) is 11.6. The molecule has 2 aromatic rings. The second kappa shape index (κ2) is 5.94. The van der Waals surface area contributed by atoms with Gasteiger partial charge in [-0.25, -0.2) is 9.13 Å². The lowest BCUT2D eigenvalue weighted by atomic mass is 10.3. The van der Waals surface area contributed by atoms with E-state index in [0.717, 1.165) is 0 Å². The van der Waals surface area contributed by atoms with Gasteiger partial charge in [0.15, 0.2) is 0 Å². The molecule has 5 nitrogen and oxygen atoms in total. The molecule has 0 bridgehead atoms. The van der Waals surface area contributed by atoms with Crippen LogP contribution in [0.3, 0.4) is 0 Å². The average molecular weight is 298 g/mol. The van der Waals surface area contributed by atoms with Crippen LogP contribution in [-0.4, -0.2) is 17.3 Å². The number of halogens is 3. The lowest BCUT2D eigenvalue weighted by Crippen LogP contribution is -2.25. The van der Waals surface area contributed by atoms with Gasteiger partial charge in [-0.3, -0.25) is 0 Å². The summed E-state index contributed by atoms with van der Waals surface area (Å²) in [5, 5.41) is 10.4. The molecule has 0 saturated carbocycles. The minimum Gasteiger partial charge on any atom is -0.376 e. The zero-order valence-electron chi connectivity index (χ0n) is 11.6. The van der Waals surface area contributed by atoms with Crippen molar-refractivity contribution in [2.45, 2.75) is 6.18 Å². The molecule has 1 heterocycles. The molecule has 2 rings (SSSR count). The van der Waals surface area contributed by atoms with Gasteiger partial charge >= 0.3 is 12.1 Å². The van der Waals surface area contributed by atoms with Gasteiger partial charge in [-0.15, -0.1) is 0 Å². The fourth-order valence-corrected chi connectivity index (χ4v) is 1.67. The molecule has 1 aromatic heterocycles. The molecule has 0 fully saturated rings. The summed E-state index contributed by atoms with van der Waals surface area (Å²) in [6.07, 6.45) is -0.545. The number of azo groups is 1. The molecular weight excluding hydrogens is 283 g/mol. The van der Waals surface area contributed by atoms with Gasteiger partial charge in [0.25, 0.3) is 0 Å². The zero-order chi connectivity index (χ0) is 15.5. The number of nitrogens with zero attached hydrogens (tertiary/aromatic N) is 4. The van der Waals surface area contributed by atoms with Crippen molar-refractivity contribution in [3.8, 4) is 0 Å². The number of hydrogen-bond donors (Lipinski definition) is 1. The highest BCUT2D eigenvalue weighted by Crippen LogP contribution is 2.20. The van der Waals surface area contributed by atoms with E-state index in [0.29, 0.717) is 17.3 Å². The predicted molar refractivity (Wildman–Crippen MR) is 71.8 cm³/mol. The molecule has 1 N–H and O–H groups in total. The van der Waals surface area contributed by atoms with Crippen molar-refractivity contribution in [3.63, 3.8) is 0 Å². The van der Waals surface area contributed by atoms with Crippen molar-refractivity contribution in [3.05, 3.63) is 36.7 Å². The first-order valence-electron chi connectivity index (χ1n) is 6.18. The average Bonchev–Trinajstić information content (AvgIpc) is 2.74. The third kappa shape index (κ3) is 4.30. The van der Waals surface area contributed by atoms with Gasteiger partial charge in [0, 0.05) is 10.8 Å². The van der Waals surface area contributed by atoms with E-state index in [1.54, 1.807) is 12.1 Å². The van der Waals surface area contributed by atoms with E-state index in [4.69, 9.17) is 0 Å². The standard InChI is InChI=1S/C13H14F3N5/c1-20-7-8-21(2)12(20)19-18-11-5-3-10(4-6-11)17-9-13(14,15)16/h3-8H,9H2,1-2H3/p+1. The molecule has 21 heavy (non-hydrogen) atoms. The molecule has 1 aromatic carbocycles. The number of imidazole rings is 1. The molecule has 0 saturated heterocycles. The van der Waals surface area contributed by atoms with Crippen molar-refractivity contribution in [2.75, 3.05) is 11.9 Å². The number of anilines is 1. The third-order valence-electron chi connectivity index (χ3n) is 2.76. The fourth-order valence-electron chi connectivity index (χ4n) is 1.67. The topological polar surface area (TPSA) is 45.6 Å². The van der Waals surface area contributed by atoms with Gasteiger partial charge in [-0.1, -0.05) is 5.11 Å². The lowest BCUT2D eigenvalue weighted by Gasteiger charge is -2.08. The van der Waals surface area contributed by atoms with Crippen LogP contribution in [0.4, 0.5) is 30.5 Å². The van der Waals surface area contributed by atoms with E-state index < -0.39 is 12.7 Å². The molecule has 0 radical (unpaired) electrons. The number of aromatic nitrogens is 2. The van der Waals surface area contributed by atoms with E-state index in [1.165, 1.54) is 12.1 Å². The Labute approximate surface area is 119 Å². The van der Waals surface area contributed by atoms with Crippen LogP contribution in [0.2, 0.25) is 0 Å². The second-order valence-corrected chi connectivity index (χ2v) is 4.54. The summed E-state index contributed by atoms with van der Waals surface area (Å²) in [5.41, 5.74) is 0.949. The Balaban J connectivity index is 2.03. The van der Waals surface area contributed by atoms with E-state index in [-0.39, 0.29) is 0 Å². The van der Waals surface area contributed by atoms with Crippen LogP contribution in [-0.2, 0) is 14.1 Å². The highest BCUT2D eigenvalue weighted by Gasteiger charge is 2.26. The highest BCUT2D eigenvalue weighted by atomic mass is 19.4. The number of rotatable bonds is 4. The summed E-state index contributed by atoms with van der Waals surface area (Å²) in [7, 11) is 3.69. The molecule has 0 aliphatic rings. The number of alkyl halides is 3. The lowest BCUT2D eigenvalue weighted by molar-refractivity contribution is -0.657. The van der Waals surface area contributed by atoms with Crippen LogP contribution in [0.25, 0.3) is 0 Å². The van der Waals surface area contributed by atoms with Crippen molar-refractivity contribution >= 4 is 17.3 Å². The quantitative estimate of drug-likeness (QED) is 0.683.